The van der Waals surface area contributed by atoms with Gasteiger partial charge in [0.2, 0.25) is 5.95 Å². The highest BCUT2D eigenvalue weighted by atomic mass is 32.1. The van der Waals surface area contributed by atoms with Crippen molar-refractivity contribution >= 4 is 34.5 Å². The summed E-state index contributed by atoms with van der Waals surface area (Å²) in [5.74, 6) is 0.440. The molecule has 4 aromatic rings. The van der Waals surface area contributed by atoms with Gasteiger partial charge >= 0.3 is 0 Å². The standard InChI is InChI=1S/C14H9N5O2S2/c20-12(10-5-15-13(23-10)9-2-4-22-7-9)17-14-16-11(18-19-14)8-1-3-21-6-8/h1-7H,(H2,16,17,18,19,20). The van der Waals surface area contributed by atoms with Crippen LogP contribution in [0.1, 0.15) is 9.67 Å². The molecular formula is C14H9N5O2S2. The molecule has 0 unspecified atom stereocenters. The van der Waals surface area contributed by atoms with Gasteiger partial charge in [0.15, 0.2) is 5.82 Å². The average Bonchev–Trinajstić information content (AvgIpc) is 3.30. The lowest BCUT2D eigenvalue weighted by Crippen LogP contribution is -2.11. The molecule has 0 atom stereocenters. The highest BCUT2D eigenvalue weighted by Gasteiger charge is 2.15. The van der Waals surface area contributed by atoms with E-state index in [-0.39, 0.29) is 11.9 Å². The van der Waals surface area contributed by atoms with E-state index in [1.807, 2.05) is 16.8 Å². The molecule has 0 aliphatic rings. The van der Waals surface area contributed by atoms with Crippen LogP contribution in [0.5, 0.6) is 0 Å². The SMILES string of the molecule is O=C(Nc1n[nH]c(-c2ccoc2)n1)c1cnc(-c2ccsc2)s1. The first-order valence-corrected chi connectivity index (χ1v) is 8.30. The molecule has 23 heavy (non-hydrogen) atoms. The normalized spacial score (nSPS) is 10.8. The Balaban J connectivity index is 1.50. The van der Waals surface area contributed by atoms with E-state index in [9.17, 15) is 4.79 Å². The van der Waals surface area contributed by atoms with Crippen molar-refractivity contribution in [1.82, 2.24) is 20.2 Å². The Morgan fingerprint density at radius 3 is 3.04 bits per heavy atom. The number of amides is 1. The zero-order chi connectivity index (χ0) is 15.6. The van der Waals surface area contributed by atoms with E-state index in [1.165, 1.54) is 11.3 Å². The molecule has 0 radical (unpaired) electrons. The monoisotopic (exact) mass is 343 g/mol. The van der Waals surface area contributed by atoms with Crippen LogP contribution in [0, 0.1) is 0 Å². The topological polar surface area (TPSA) is 96.7 Å². The molecule has 0 fully saturated rings. The van der Waals surface area contributed by atoms with Crippen molar-refractivity contribution in [3.63, 3.8) is 0 Å². The number of aromatic nitrogens is 4. The summed E-state index contributed by atoms with van der Waals surface area (Å²) in [6.45, 7) is 0. The number of nitrogens with one attached hydrogen (secondary N) is 2. The summed E-state index contributed by atoms with van der Waals surface area (Å²) in [4.78, 5) is 21.2. The van der Waals surface area contributed by atoms with Crippen molar-refractivity contribution < 1.29 is 9.21 Å². The van der Waals surface area contributed by atoms with Crippen LogP contribution in [0.4, 0.5) is 5.95 Å². The first kappa shape index (κ1) is 13.9. The van der Waals surface area contributed by atoms with Gasteiger partial charge in [0, 0.05) is 10.9 Å². The Hall–Kier alpha value is -2.78. The van der Waals surface area contributed by atoms with Gasteiger partial charge in [-0.15, -0.1) is 16.4 Å². The smallest absolute Gasteiger partial charge is 0.269 e. The Morgan fingerprint density at radius 2 is 2.26 bits per heavy atom. The zero-order valence-corrected chi connectivity index (χ0v) is 13.1. The van der Waals surface area contributed by atoms with Crippen molar-refractivity contribution in [2.24, 2.45) is 0 Å². The third kappa shape index (κ3) is 2.79. The maximum atomic E-state index is 12.2. The number of carbonyl (C=O) groups excluding carboxylic acids is 1. The van der Waals surface area contributed by atoms with E-state index in [0.29, 0.717) is 10.7 Å². The van der Waals surface area contributed by atoms with Crippen molar-refractivity contribution in [3.8, 4) is 22.0 Å². The van der Waals surface area contributed by atoms with Gasteiger partial charge in [0.05, 0.1) is 18.0 Å². The molecule has 0 bridgehead atoms. The maximum absolute atomic E-state index is 12.2. The first-order chi connectivity index (χ1) is 11.3. The van der Waals surface area contributed by atoms with Crippen LogP contribution in [-0.2, 0) is 0 Å². The third-order valence-corrected chi connectivity index (χ3v) is 4.73. The van der Waals surface area contributed by atoms with Crippen LogP contribution in [0.15, 0.2) is 46.0 Å². The van der Waals surface area contributed by atoms with Gasteiger partial charge in [0.1, 0.15) is 16.1 Å². The summed E-state index contributed by atoms with van der Waals surface area (Å²) < 4.78 is 4.99. The summed E-state index contributed by atoms with van der Waals surface area (Å²) in [6.07, 6.45) is 4.64. The molecule has 1 amide bonds. The van der Waals surface area contributed by atoms with E-state index in [1.54, 1.807) is 36.1 Å². The van der Waals surface area contributed by atoms with Gasteiger partial charge in [-0.25, -0.2) is 4.98 Å². The predicted octanol–water partition coefficient (Wildman–Crippen LogP) is 3.50. The maximum Gasteiger partial charge on any atom is 0.269 e. The molecule has 114 valence electrons. The predicted molar refractivity (Wildman–Crippen MR) is 87.5 cm³/mol. The summed E-state index contributed by atoms with van der Waals surface area (Å²) in [7, 11) is 0. The highest BCUT2D eigenvalue weighted by molar-refractivity contribution is 7.17. The minimum atomic E-state index is -0.290. The van der Waals surface area contributed by atoms with Gasteiger partial charge in [0.25, 0.3) is 5.91 Å². The Labute approximate surface area is 138 Å². The van der Waals surface area contributed by atoms with Crippen molar-refractivity contribution in [2.45, 2.75) is 0 Å². The lowest BCUT2D eigenvalue weighted by atomic mass is 10.3. The molecule has 4 heterocycles. The number of carbonyl (C=O) groups is 1. The Kier molecular flexibility index (Phi) is 3.48. The molecule has 4 aromatic heterocycles. The van der Waals surface area contributed by atoms with Crippen LogP contribution in [0.25, 0.3) is 22.0 Å². The number of anilines is 1. The molecule has 0 saturated carbocycles. The number of furan rings is 1. The number of nitrogens with zero attached hydrogens (tertiary/aromatic N) is 3. The second kappa shape index (κ2) is 5.78. The fourth-order valence-corrected chi connectivity index (χ4v) is 3.43. The highest BCUT2D eigenvalue weighted by Crippen LogP contribution is 2.27. The average molecular weight is 343 g/mol. The summed E-state index contributed by atoms with van der Waals surface area (Å²) in [5.41, 5.74) is 1.77. The minimum absolute atomic E-state index is 0.205. The third-order valence-electron chi connectivity index (χ3n) is 3.00. The number of hydrogen-bond acceptors (Lipinski definition) is 7. The van der Waals surface area contributed by atoms with Crippen molar-refractivity contribution in [1.29, 1.82) is 0 Å². The van der Waals surface area contributed by atoms with Crippen molar-refractivity contribution in [3.05, 3.63) is 46.5 Å². The second-order valence-corrected chi connectivity index (χ2v) is 6.33. The molecular weight excluding hydrogens is 334 g/mol. The van der Waals surface area contributed by atoms with E-state index in [0.717, 1.165) is 16.1 Å². The van der Waals surface area contributed by atoms with E-state index >= 15 is 0 Å². The summed E-state index contributed by atoms with van der Waals surface area (Å²) in [6, 6.07) is 3.72. The van der Waals surface area contributed by atoms with Crippen LogP contribution >= 0.6 is 22.7 Å². The van der Waals surface area contributed by atoms with Gasteiger partial charge in [-0.2, -0.15) is 16.3 Å². The van der Waals surface area contributed by atoms with Crippen LogP contribution in [0.2, 0.25) is 0 Å². The molecule has 0 aromatic carbocycles. The molecule has 0 aliphatic carbocycles. The van der Waals surface area contributed by atoms with E-state index < -0.39 is 0 Å². The van der Waals surface area contributed by atoms with Crippen LogP contribution < -0.4 is 5.32 Å². The Bertz CT molecular complexity index is 924. The fourth-order valence-electron chi connectivity index (χ4n) is 1.91. The van der Waals surface area contributed by atoms with Gasteiger partial charge in [-0.1, -0.05) is 0 Å². The second-order valence-electron chi connectivity index (χ2n) is 4.52. The van der Waals surface area contributed by atoms with Crippen molar-refractivity contribution in [2.75, 3.05) is 5.32 Å². The Morgan fingerprint density at radius 1 is 1.30 bits per heavy atom. The lowest BCUT2D eigenvalue weighted by molar-refractivity contribution is 0.102. The van der Waals surface area contributed by atoms with Crippen LogP contribution in [0.3, 0.4) is 0 Å². The number of thiazole rings is 1. The van der Waals surface area contributed by atoms with Gasteiger partial charge < -0.3 is 4.42 Å². The molecule has 7 nitrogen and oxygen atoms in total. The molecule has 4 rings (SSSR count). The summed E-state index contributed by atoms with van der Waals surface area (Å²) >= 11 is 2.92. The summed E-state index contributed by atoms with van der Waals surface area (Å²) in [5, 5.41) is 14.1. The van der Waals surface area contributed by atoms with E-state index in [2.05, 4.69) is 25.5 Å². The lowest BCUT2D eigenvalue weighted by Gasteiger charge is -1.95. The largest absolute Gasteiger partial charge is 0.472 e. The van der Waals surface area contributed by atoms with Gasteiger partial charge in [-0.3, -0.25) is 15.2 Å². The van der Waals surface area contributed by atoms with E-state index in [4.69, 9.17) is 4.42 Å². The number of hydrogen-bond donors (Lipinski definition) is 2. The molecule has 2 N–H and O–H groups in total. The number of aromatic amines is 1. The molecule has 0 saturated heterocycles. The molecule has 9 heteroatoms. The number of H-pyrrole nitrogens is 1. The molecule has 0 spiro atoms. The zero-order valence-electron chi connectivity index (χ0n) is 11.5. The van der Waals surface area contributed by atoms with Crippen LogP contribution in [-0.4, -0.2) is 26.1 Å². The minimum Gasteiger partial charge on any atom is -0.472 e. The molecule has 0 aliphatic heterocycles. The first-order valence-electron chi connectivity index (χ1n) is 6.54. The fraction of sp³-hybridized carbons (Fsp3) is 0. The quantitative estimate of drug-likeness (QED) is 0.591. The number of thiophene rings is 1. The number of rotatable bonds is 4. The van der Waals surface area contributed by atoms with Gasteiger partial charge in [-0.05, 0) is 17.5 Å².